The zero-order valence-corrected chi connectivity index (χ0v) is 15.2. The molecule has 0 radical (unpaired) electrons. The average Bonchev–Trinajstić information content (AvgIpc) is 3.08. The van der Waals surface area contributed by atoms with Crippen molar-refractivity contribution >= 4 is 17.5 Å². The van der Waals surface area contributed by atoms with Gasteiger partial charge in [0.05, 0.1) is 0 Å². The SMILES string of the molecule is CCC(C(=O)NC1CCCNC1C)n1nnc(-c2ccc(Cl)cc2)n1. The van der Waals surface area contributed by atoms with Crippen LogP contribution in [0, 0.1) is 0 Å². The smallest absolute Gasteiger partial charge is 0.247 e. The molecule has 134 valence electrons. The first kappa shape index (κ1) is 17.8. The number of amides is 1. The minimum absolute atomic E-state index is 0.0666. The van der Waals surface area contributed by atoms with Gasteiger partial charge >= 0.3 is 0 Å². The van der Waals surface area contributed by atoms with E-state index in [9.17, 15) is 4.79 Å². The number of nitrogens with zero attached hydrogens (tertiary/aromatic N) is 4. The van der Waals surface area contributed by atoms with Crippen LogP contribution in [0.25, 0.3) is 11.4 Å². The van der Waals surface area contributed by atoms with Gasteiger partial charge in [0, 0.05) is 22.7 Å². The molecule has 8 heteroatoms. The molecule has 1 amide bonds. The Hall–Kier alpha value is -1.99. The largest absolute Gasteiger partial charge is 0.350 e. The number of halogens is 1. The van der Waals surface area contributed by atoms with E-state index in [0.29, 0.717) is 17.3 Å². The van der Waals surface area contributed by atoms with Gasteiger partial charge in [0.25, 0.3) is 0 Å². The topological polar surface area (TPSA) is 84.7 Å². The molecule has 1 aromatic carbocycles. The second-order valence-corrected chi connectivity index (χ2v) is 6.80. The second-order valence-electron chi connectivity index (χ2n) is 6.36. The molecule has 0 saturated carbocycles. The number of tetrazole rings is 1. The summed E-state index contributed by atoms with van der Waals surface area (Å²) in [6.07, 6.45) is 2.64. The molecule has 0 spiro atoms. The van der Waals surface area contributed by atoms with Crippen molar-refractivity contribution in [3.63, 3.8) is 0 Å². The fourth-order valence-electron chi connectivity index (χ4n) is 3.05. The minimum Gasteiger partial charge on any atom is -0.350 e. The molecular weight excluding hydrogens is 340 g/mol. The number of hydrogen-bond donors (Lipinski definition) is 2. The van der Waals surface area contributed by atoms with Crippen LogP contribution in [0.2, 0.25) is 5.02 Å². The third kappa shape index (κ3) is 4.16. The highest BCUT2D eigenvalue weighted by Crippen LogP contribution is 2.19. The third-order valence-electron chi connectivity index (χ3n) is 4.59. The van der Waals surface area contributed by atoms with Crippen molar-refractivity contribution in [1.82, 2.24) is 30.8 Å². The predicted molar refractivity (Wildman–Crippen MR) is 96.2 cm³/mol. The molecule has 1 saturated heterocycles. The van der Waals surface area contributed by atoms with E-state index < -0.39 is 6.04 Å². The second kappa shape index (κ2) is 7.93. The van der Waals surface area contributed by atoms with E-state index in [1.807, 2.05) is 19.1 Å². The maximum Gasteiger partial charge on any atom is 0.247 e. The van der Waals surface area contributed by atoms with Crippen molar-refractivity contribution in [2.45, 2.75) is 51.2 Å². The molecule has 3 unspecified atom stereocenters. The molecule has 2 aromatic rings. The van der Waals surface area contributed by atoms with Gasteiger partial charge in [0.2, 0.25) is 11.7 Å². The molecule has 3 rings (SSSR count). The van der Waals surface area contributed by atoms with E-state index >= 15 is 0 Å². The summed E-state index contributed by atoms with van der Waals surface area (Å²) in [6.45, 7) is 5.04. The van der Waals surface area contributed by atoms with Crippen LogP contribution in [-0.2, 0) is 4.79 Å². The Kier molecular flexibility index (Phi) is 5.65. The van der Waals surface area contributed by atoms with E-state index in [0.717, 1.165) is 24.9 Å². The quantitative estimate of drug-likeness (QED) is 0.851. The molecule has 1 fully saturated rings. The van der Waals surface area contributed by atoms with Crippen molar-refractivity contribution in [2.24, 2.45) is 0 Å². The van der Waals surface area contributed by atoms with E-state index in [1.165, 1.54) is 4.80 Å². The summed E-state index contributed by atoms with van der Waals surface area (Å²) in [5.74, 6) is 0.415. The normalized spacial score (nSPS) is 21.7. The molecule has 1 aliphatic rings. The zero-order chi connectivity index (χ0) is 17.8. The van der Waals surface area contributed by atoms with Gasteiger partial charge in [-0.05, 0) is 62.2 Å². The molecule has 0 bridgehead atoms. The fraction of sp³-hybridized carbons (Fsp3) is 0.529. The van der Waals surface area contributed by atoms with Crippen molar-refractivity contribution in [2.75, 3.05) is 6.54 Å². The Bertz CT molecular complexity index is 716. The first-order chi connectivity index (χ1) is 12.1. The van der Waals surface area contributed by atoms with Crippen molar-refractivity contribution in [3.05, 3.63) is 29.3 Å². The van der Waals surface area contributed by atoms with Crippen LogP contribution in [0.5, 0.6) is 0 Å². The lowest BCUT2D eigenvalue weighted by Gasteiger charge is -2.31. The predicted octanol–water partition coefficient (Wildman–Crippen LogP) is 2.20. The summed E-state index contributed by atoms with van der Waals surface area (Å²) in [4.78, 5) is 14.1. The summed E-state index contributed by atoms with van der Waals surface area (Å²) >= 11 is 5.90. The highest BCUT2D eigenvalue weighted by molar-refractivity contribution is 6.30. The number of hydrogen-bond acceptors (Lipinski definition) is 5. The van der Waals surface area contributed by atoms with Crippen LogP contribution in [0.15, 0.2) is 24.3 Å². The van der Waals surface area contributed by atoms with Crippen LogP contribution in [0.1, 0.15) is 39.2 Å². The zero-order valence-electron chi connectivity index (χ0n) is 14.4. The summed E-state index contributed by atoms with van der Waals surface area (Å²) in [5, 5.41) is 19.7. The van der Waals surface area contributed by atoms with Gasteiger partial charge in [0.1, 0.15) is 0 Å². The summed E-state index contributed by atoms with van der Waals surface area (Å²) in [7, 11) is 0. The maximum absolute atomic E-state index is 12.7. The highest BCUT2D eigenvalue weighted by atomic mass is 35.5. The van der Waals surface area contributed by atoms with Gasteiger partial charge in [-0.1, -0.05) is 18.5 Å². The summed E-state index contributed by atoms with van der Waals surface area (Å²) in [5.41, 5.74) is 0.816. The average molecular weight is 363 g/mol. The number of carbonyl (C=O) groups excluding carboxylic acids is 1. The van der Waals surface area contributed by atoms with Crippen LogP contribution >= 0.6 is 11.6 Å². The molecule has 1 aliphatic heterocycles. The molecule has 2 heterocycles. The number of rotatable bonds is 5. The molecule has 3 atom stereocenters. The lowest BCUT2D eigenvalue weighted by Crippen LogP contribution is -2.53. The number of carbonyl (C=O) groups is 1. The van der Waals surface area contributed by atoms with Gasteiger partial charge in [-0.2, -0.15) is 4.80 Å². The Morgan fingerprint density at radius 1 is 1.44 bits per heavy atom. The van der Waals surface area contributed by atoms with Crippen LogP contribution < -0.4 is 10.6 Å². The van der Waals surface area contributed by atoms with E-state index in [1.54, 1.807) is 12.1 Å². The van der Waals surface area contributed by atoms with E-state index in [4.69, 9.17) is 11.6 Å². The van der Waals surface area contributed by atoms with Crippen molar-refractivity contribution in [1.29, 1.82) is 0 Å². The standard InChI is InChI=1S/C17H23ClN6O/c1-3-15(17(25)20-14-5-4-10-19-11(14)2)24-22-16(21-23-24)12-6-8-13(18)9-7-12/h6-9,11,14-15,19H,3-5,10H2,1-2H3,(H,20,25). The van der Waals surface area contributed by atoms with Gasteiger partial charge in [-0.15, -0.1) is 10.2 Å². The Morgan fingerprint density at radius 2 is 2.20 bits per heavy atom. The monoisotopic (exact) mass is 362 g/mol. The van der Waals surface area contributed by atoms with Crippen molar-refractivity contribution < 1.29 is 4.79 Å². The number of piperidine rings is 1. The number of nitrogens with one attached hydrogen (secondary N) is 2. The maximum atomic E-state index is 12.7. The summed E-state index contributed by atoms with van der Waals surface area (Å²) in [6, 6.07) is 7.15. The Labute approximate surface area is 152 Å². The van der Waals surface area contributed by atoms with Crippen LogP contribution in [0.4, 0.5) is 0 Å². The van der Waals surface area contributed by atoms with E-state index in [2.05, 4.69) is 33.0 Å². The Balaban J connectivity index is 1.72. The molecular formula is C17H23ClN6O. The minimum atomic E-state index is -0.470. The lowest BCUT2D eigenvalue weighted by atomic mass is 9.99. The first-order valence-corrected chi connectivity index (χ1v) is 9.05. The first-order valence-electron chi connectivity index (χ1n) is 8.67. The van der Waals surface area contributed by atoms with E-state index in [-0.39, 0.29) is 18.0 Å². The third-order valence-corrected chi connectivity index (χ3v) is 4.84. The van der Waals surface area contributed by atoms with Gasteiger partial charge in [-0.3, -0.25) is 4.79 Å². The summed E-state index contributed by atoms with van der Waals surface area (Å²) < 4.78 is 0. The van der Waals surface area contributed by atoms with Crippen LogP contribution in [-0.4, -0.2) is 44.7 Å². The molecule has 0 aliphatic carbocycles. The number of aromatic nitrogens is 4. The molecule has 25 heavy (non-hydrogen) atoms. The number of benzene rings is 1. The lowest BCUT2D eigenvalue weighted by molar-refractivity contribution is -0.126. The van der Waals surface area contributed by atoms with Crippen molar-refractivity contribution in [3.8, 4) is 11.4 Å². The molecule has 7 nitrogen and oxygen atoms in total. The van der Waals surface area contributed by atoms with Gasteiger partial charge < -0.3 is 10.6 Å². The highest BCUT2D eigenvalue weighted by Gasteiger charge is 2.27. The Morgan fingerprint density at radius 3 is 2.88 bits per heavy atom. The molecule has 1 aromatic heterocycles. The van der Waals surface area contributed by atoms with Gasteiger partial charge in [0.15, 0.2) is 6.04 Å². The van der Waals surface area contributed by atoms with Crippen LogP contribution in [0.3, 0.4) is 0 Å². The fourth-order valence-corrected chi connectivity index (χ4v) is 3.17. The molecule has 2 N–H and O–H groups in total. The van der Waals surface area contributed by atoms with Gasteiger partial charge in [-0.25, -0.2) is 0 Å².